The Morgan fingerprint density at radius 3 is 2.90 bits per heavy atom. The summed E-state index contributed by atoms with van der Waals surface area (Å²) in [4.78, 5) is 9.70. The first kappa shape index (κ1) is 14.6. The lowest BCUT2D eigenvalue weighted by atomic mass is 10.3. The van der Waals surface area contributed by atoms with Gasteiger partial charge in [-0.05, 0) is 28.1 Å². The Kier molecular flexibility index (Phi) is 4.57. The van der Waals surface area contributed by atoms with Crippen LogP contribution in [0.5, 0.6) is 0 Å². The minimum atomic E-state index is 0.514. The second kappa shape index (κ2) is 6.59. The van der Waals surface area contributed by atoms with Crippen molar-refractivity contribution in [2.45, 2.75) is 17.1 Å². The Balaban J connectivity index is 1.61. The third kappa shape index (κ3) is 3.84. The molecule has 0 spiro atoms. The van der Waals surface area contributed by atoms with E-state index in [1.54, 1.807) is 11.8 Å². The van der Waals surface area contributed by atoms with E-state index in [-0.39, 0.29) is 0 Å². The summed E-state index contributed by atoms with van der Waals surface area (Å²) in [6.07, 6.45) is 0.514. The van der Waals surface area contributed by atoms with Crippen molar-refractivity contribution in [1.82, 2.24) is 15.1 Å². The number of hydrogen-bond acceptors (Lipinski definition) is 7. The molecule has 0 saturated heterocycles. The van der Waals surface area contributed by atoms with E-state index in [1.807, 2.05) is 29.6 Å². The molecule has 108 valence electrons. The highest BCUT2D eigenvalue weighted by molar-refractivity contribution is 9.10. The Morgan fingerprint density at radius 2 is 2.14 bits per heavy atom. The first-order valence-corrected chi connectivity index (χ1v) is 8.75. The molecule has 8 heteroatoms. The molecular formula is C13H11BrN4OS2. The van der Waals surface area contributed by atoms with Gasteiger partial charge in [0.05, 0.1) is 17.9 Å². The number of halogens is 1. The number of nitrogens with two attached hydrogens (primary N) is 1. The van der Waals surface area contributed by atoms with Crippen LogP contribution in [-0.4, -0.2) is 15.1 Å². The molecule has 1 aromatic carbocycles. The SMILES string of the molecule is Nc1nc(Cc2nc(CSc3ccccc3Br)no2)cs1. The summed E-state index contributed by atoms with van der Waals surface area (Å²) in [6, 6.07) is 8.05. The van der Waals surface area contributed by atoms with Crippen LogP contribution >= 0.6 is 39.0 Å². The molecule has 0 saturated carbocycles. The third-order valence-electron chi connectivity index (χ3n) is 2.61. The summed E-state index contributed by atoms with van der Waals surface area (Å²) < 4.78 is 6.30. The molecular weight excluding hydrogens is 372 g/mol. The average molecular weight is 383 g/mol. The quantitative estimate of drug-likeness (QED) is 0.676. The minimum absolute atomic E-state index is 0.514. The second-order valence-corrected chi connectivity index (χ2v) is 6.94. The van der Waals surface area contributed by atoms with Crippen molar-refractivity contribution in [3.63, 3.8) is 0 Å². The normalized spacial score (nSPS) is 10.9. The van der Waals surface area contributed by atoms with E-state index in [4.69, 9.17) is 10.3 Å². The number of rotatable bonds is 5. The molecule has 0 unspecified atom stereocenters. The number of nitrogens with zero attached hydrogens (tertiary/aromatic N) is 3. The van der Waals surface area contributed by atoms with Gasteiger partial charge >= 0.3 is 0 Å². The minimum Gasteiger partial charge on any atom is -0.375 e. The number of thiazole rings is 1. The zero-order valence-electron chi connectivity index (χ0n) is 10.8. The van der Waals surface area contributed by atoms with E-state index in [1.165, 1.54) is 11.3 Å². The molecule has 3 aromatic rings. The van der Waals surface area contributed by atoms with E-state index in [0.29, 0.717) is 29.0 Å². The van der Waals surface area contributed by atoms with Gasteiger partial charge in [-0.15, -0.1) is 23.1 Å². The maximum atomic E-state index is 5.60. The van der Waals surface area contributed by atoms with E-state index in [2.05, 4.69) is 31.1 Å². The highest BCUT2D eigenvalue weighted by Crippen LogP contribution is 2.29. The summed E-state index contributed by atoms with van der Waals surface area (Å²) in [7, 11) is 0. The fraction of sp³-hybridized carbons (Fsp3) is 0.154. The first-order valence-electron chi connectivity index (χ1n) is 6.09. The molecule has 3 rings (SSSR count). The van der Waals surface area contributed by atoms with Crippen molar-refractivity contribution in [2.24, 2.45) is 0 Å². The van der Waals surface area contributed by atoms with Crippen LogP contribution in [-0.2, 0) is 12.2 Å². The summed E-state index contributed by atoms with van der Waals surface area (Å²) >= 11 is 6.58. The first-order chi connectivity index (χ1) is 10.2. The summed E-state index contributed by atoms with van der Waals surface area (Å²) in [6.45, 7) is 0. The molecule has 2 heterocycles. The number of thioether (sulfide) groups is 1. The number of anilines is 1. The molecule has 0 radical (unpaired) electrons. The van der Waals surface area contributed by atoms with Gasteiger partial charge in [-0.1, -0.05) is 17.3 Å². The second-order valence-electron chi connectivity index (χ2n) is 4.18. The van der Waals surface area contributed by atoms with E-state index < -0.39 is 0 Å². The number of benzene rings is 1. The molecule has 21 heavy (non-hydrogen) atoms. The predicted molar refractivity (Wildman–Crippen MR) is 87.3 cm³/mol. The van der Waals surface area contributed by atoms with Gasteiger partial charge < -0.3 is 10.3 Å². The van der Waals surface area contributed by atoms with Crippen LogP contribution < -0.4 is 5.73 Å². The Labute approximate surface area is 138 Å². The molecule has 0 amide bonds. The summed E-state index contributed by atoms with van der Waals surface area (Å²) in [5.41, 5.74) is 6.45. The van der Waals surface area contributed by atoms with Crippen LogP contribution in [0.3, 0.4) is 0 Å². The largest absolute Gasteiger partial charge is 0.375 e. The van der Waals surface area contributed by atoms with Crippen LogP contribution in [0.4, 0.5) is 5.13 Å². The zero-order chi connectivity index (χ0) is 14.7. The molecule has 2 N–H and O–H groups in total. The van der Waals surface area contributed by atoms with E-state index >= 15 is 0 Å². The van der Waals surface area contributed by atoms with Crippen molar-refractivity contribution < 1.29 is 4.52 Å². The van der Waals surface area contributed by atoms with Gasteiger partial charge in [0.25, 0.3) is 0 Å². The number of hydrogen-bond donors (Lipinski definition) is 1. The molecule has 0 atom stereocenters. The lowest BCUT2D eigenvalue weighted by Gasteiger charge is -2.00. The Hall–Kier alpha value is -1.38. The van der Waals surface area contributed by atoms with Crippen LogP contribution in [0.15, 0.2) is 43.5 Å². The molecule has 0 aliphatic heterocycles. The lowest BCUT2D eigenvalue weighted by Crippen LogP contribution is -1.91. The smallest absolute Gasteiger partial charge is 0.232 e. The van der Waals surface area contributed by atoms with Crippen molar-refractivity contribution in [2.75, 3.05) is 5.73 Å². The van der Waals surface area contributed by atoms with Crippen molar-refractivity contribution in [3.8, 4) is 0 Å². The van der Waals surface area contributed by atoms with Crippen molar-refractivity contribution >= 4 is 44.2 Å². The van der Waals surface area contributed by atoms with E-state index in [0.717, 1.165) is 15.1 Å². The fourth-order valence-corrected chi connectivity index (χ4v) is 3.66. The fourth-order valence-electron chi connectivity index (χ4n) is 1.68. The monoisotopic (exact) mass is 382 g/mol. The van der Waals surface area contributed by atoms with Crippen molar-refractivity contribution in [3.05, 3.63) is 51.5 Å². The molecule has 0 bridgehead atoms. The van der Waals surface area contributed by atoms with Crippen LogP contribution in [0.25, 0.3) is 0 Å². The molecule has 5 nitrogen and oxygen atoms in total. The van der Waals surface area contributed by atoms with Crippen LogP contribution in [0.1, 0.15) is 17.4 Å². The Morgan fingerprint density at radius 1 is 1.29 bits per heavy atom. The molecule has 0 aliphatic rings. The van der Waals surface area contributed by atoms with Gasteiger partial charge in [0.2, 0.25) is 5.89 Å². The van der Waals surface area contributed by atoms with Gasteiger partial charge in [-0.3, -0.25) is 0 Å². The van der Waals surface area contributed by atoms with Crippen LogP contribution in [0.2, 0.25) is 0 Å². The van der Waals surface area contributed by atoms with Gasteiger partial charge in [0, 0.05) is 14.7 Å². The molecule has 0 aliphatic carbocycles. The van der Waals surface area contributed by atoms with Gasteiger partial charge in [0.15, 0.2) is 11.0 Å². The van der Waals surface area contributed by atoms with Crippen molar-refractivity contribution in [1.29, 1.82) is 0 Å². The average Bonchev–Trinajstić information content (AvgIpc) is 3.08. The van der Waals surface area contributed by atoms with Crippen LogP contribution in [0, 0.1) is 0 Å². The highest BCUT2D eigenvalue weighted by atomic mass is 79.9. The predicted octanol–water partition coefficient (Wildman–Crippen LogP) is 3.75. The highest BCUT2D eigenvalue weighted by Gasteiger charge is 2.10. The molecule has 0 fully saturated rings. The zero-order valence-corrected chi connectivity index (χ0v) is 14.0. The third-order valence-corrected chi connectivity index (χ3v) is 5.35. The van der Waals surface area contributed by atoms with Gasteiger partial charge in [0.1, 0.15) is 0 Å². The van der Waals surface area contributed by atoms with E-state index in [9.17, 15) is 0 Å². The van der Waals surface area contributed by atoms with Gasteiger partial charge in [-0.2, -0.15) is 4.98 Å². The summed E-state index contributed by atoms with van der Waals surface area (Å²) in [5, 5.41) is 6.43. The molecule has 2 aromatic heterocycles. The maximum Gasteiger partial charge on any atom is 0.232 e. The standard InChI is InChI=1S/C13H11BrN4OS2/c14-9-3-1-2-4-10(9)20-7-11-17-12(19-18-11)5-8-6-21-13(15)16-8/h1-4,6H,5,7H2,(H2,15,16). The summed E-state index contributed by atoms with van der Waals surface area (Å²) in [5.74, 6) is 1.89. The van der Waals surface area contributed by atoms with Gasteiger partial charge in [-0.25, -0.2) is 4.98 Å². The lowest BCUT2D eigenvalue weighted by molar-refractivity contribution is 0.380. The number of aromatic nitrogens is 3. The number of nitrogen functional groups attached to an aromatic ring is 1. The topological polar surface area (TPSA) is 77.8 Å². The Bertz CT molecular complexity index is 743. The maximum absolute atomic E-state index is 5.60.